The molecule has 1 aromatic rings. The molecule has 2 rings (SSSR count). The Morgan fingerprint density at radius 3 is 2.84 bits per heavy atom. The highest BCUT2D eigenvalue weighted by Gasteiger charge is 2.38. The summed E-state index contributed by atoms with van der Waals surface area (Å²) in [5.41, 5.74) is 1.06. The van der Waals surface area contributed by atoms with Crippen molar-refractivity contribution in [2.24, 2.45) is 5.92 Å². The monoisotopic (exact) mass is 282 g/mol. The average molecular weight is 282 g/mol. The van der Waals surface area contributed by atoms with E-state index in [1.807, 2.05) is 55.9 Å². The van der Waals surface area contributed by atoms with Crippen LogP contribution in [-0.4, -0.2) is 35.9 Å². The van der Waals surface area contributed by atoms with E-state index in [2.05, 4.69) is 0 Å². The van der Waals surface area contributed by atoms with E-state index in [0.717, 1.165) is 17.1 Å². The summed E-state index contributed by atoms with van der Waals surface area (Å²) in [5.74, 6) is 1.59. The van der Waals surface area contributed by atoms with Gasteiger partial charge in [-0.2, -0.15) is 11.8 Å². The van der Waals surface area contributed by atoms with Gasteiger partial charge in [-0.05, 0) is 18.6 Å². The molecule has 0 spiro atoms. The summed E-state index contributed by atoms with van der Waals surface area (Å²) >= 11 is 1.81. The molecular weight excluding hydrogens is 260 g/mol. The molecule has 0 radical (unpaired) electrons. The zero-order valence-corrected chi connectivity index (χ0v) is 12.4. The fourth-order valence-electron chi connectivity index (χ4n) is 2.07. The van der Waals surface area contributed by atoms with Crippen LogP contribution in [0.25, 0.3) is 0 Å². The molecule has 19 heavy (non-hydrogen) atoms. The Balaban J connectivity index is 1.83. The normalized spacial score (nSPS) is 28.5. The molecule has 3 nitrogen and oxygen atoms in total. The number of hydrogen-bond acceptors (Lipinski definition) is 4. The minimum absolute atomic E-state index is 0.126. The Morgan fingerprint density at radius 1 is 1.42 bits per heavy atom. The molecule has 3 unspecified atom stereocenters. The molecule has 0 bridgehead atoms. The first-order valence-corrected chi connectivity index (χ1v) is 7.85. The highest BCUT2D eigenvalue weighted by Crippen LogP contribution is 2.34. The summed E-state index contributed by atoms with van der Waals surface area (Å²) in [6.07, 6.45) is 0.126. The highest BCUT2D eigenvalue weighted by molar-refractivity contribution is 7.99. The molecule has 106 valence electrons. The Bertz CT molecular complexity index is 384. The maximum Gasteiger partial charge on any atom is 0.192 e. The molecular formula is C15H22O3S. The van der Waals surface area contributed by atoms with Gasteiger partial charge in [0.25, 0.3) is 0 Å². The van der Waals surface area contributed by atoms with Gasteiger partial charge in [-0.1, -0.05) is 37.3 Å². The predicted molar refractivity (Wildman–Crippen MR) is 78.2 cm³/mol. The van der Waals surface area contributed by atoms with Crippen LogP contribution in [0.15, 0.2) is 30.3 Å². The Kier molecular flexibility index (Phi) is 5.28. The zero-order chi connectivity index (χ0) is 13.7. The maximum absolute atomic E-state index is 8.99. The lowest BCUT2D eigenvalue weighted by Gasteiger charge is -2.23. The second-order valence-corrected chi connectivity index (χ2v) is 6.26. The predicted octanol–water partition coefficient (Wildman–Crippen LogP) is 2.64. The maximum atomic E-state index is 8.99. The fraction of sp³-hybridized carbons (Fsp3) is 0.600. The third-order valence-corrected chi connectivity index (χ3v) is 4.66. The van der Waals surface area contributed by atoms with Crippen LogP contribution in [0.3, 0.4) is 0 Å². The van der Waals surface area contributed by atoms with Gasteiger partial charge < -0.3 is 14.6 Å². The van der Waals surface area contributed by atoms with Gasteiger partial charge in [0, 0.05) is 17.9 Å². The molecule has 1 aliphatic rings. The van der Waals surface area contributed by atoms with Gasteiger partial charge >= 0.3 is 0 Å². The lowest BCUT2D eigenvalue weighted by molar-refractivity contribution is -0.159. The molecule has 1 aromatic carbocycles. The third-order valence-electron chi connectivity index (χ3n) is 3.25. The van der Waals surface area contributed by atoms with Crippen molar-refractivity contribution in [1.29, 1.82) is 0 Å². The van der Waals surface area contributed by atoms with E-state index in [1.54, 1.807) is 0 Å². The number of aliphatic hydroxyl groups excluding tert-OH is 1. The van der Waals surface area contributed by atoms with Crippen LogP contribution in [0.4, 0.5) is 0 Å². The van der Waals surface area contributed by atoms with Gasteiger partial charge in [0.15, 0.2) is 5.79 Å². The number of aliphatic hydroxyl groups is 1. The number of benzene rings is 1. The quantitative estimate of drug-likeness (QED) is 0.870. The summed E-state index contributed by atoms with van der Waals surface area (Å²) in [6.45, 7) is 4.90. The lowest BCUT2D eigenvalue weighted by Crippen LogP contribution is -2.24. The molecule has 0 aliphatic carbocycles. The van der Waals surface area contributed by atoms with Gasteiger partial charge in [-0.3, -0.25) is 0 Å². The van der Waals surface area contributed by atoms with Crippen molar-refractivity contribution < 1.29 is 14.6 Å². The topological polar surface area (TPSA) is 38.7 Å². The summed E-state index contributed by atoms with van der Waals surface area (Å²) in [6, 6.07) is 10.1. The molecule has 1 aliphatic heterocycles. The first-order chi connectivity index (χ1) is 9.14. The van der Waals surface area contributed by atoms with Crippen molar-refractivity contribution >= 4 is 11.8 Å². The standard InChI is InChI=1S/C15H22O3S/c1-12(8-16)10-19-11-14-9-17-15(2,18-14)13-6-4-3-5-7-13/h3-7,12,14,16H,8-11H2,1-2H3. The van der Waals surface area contributed by atoms with Crippen LogP contribution in [0, 0.1) is 5.92 Å². The number of hydrogen-bond donors (Lipinski definition) is 1. The third kappa shape index (κ3) is 3.96. The van der Waals surface area contributed by atoms with E-state index in [9.17, 15) is 0 Å². The van der Waals surface area contributed by atoms with Crippen LogP contribution in [-0.2, 0) is 15.3 Å². The van der Waals surface area contributed by atoms with Crippen LogP contribution < -0.4 is 0 Å². The molecule has 0 aromatic heterocycles. The molecule has 3 atom stereocenters. The highest BCUT2D eigenvalue weighted by atomic mass is 32.2. The van der Waals surface area contributed by atoms with Crippen molar-refractivity contribution in [2.75, 3.05) is 24.7 Å². The first-order valence-electron chi connectivity index (χ1n) is 6.70. The van der Waals surface area contributed by atoms with Crippen LogP contribution in [0.5, 0.6) is 0 Å². The Labute approximate surface area is 119 Å². The summed E-state index contributed by atoms with van der Waals surface area (Å²) < 4.78 is 11.9. The van der Waals surface area contributed by atoms with Gasteiger partial charge in [0.05, 0.1) is 12.7 Å². The molecule has 1 saturated heterocycles. The van der Waals surface area contributed by atoms with Crippen molar-refractivity contribution in [1.82, 2.24) is 0 Å². The van der Waals surface area contributed by atoms with E-state index in [4.69, 9.17) is 14.6 Å². The summed E-state index contributed by atoms with van der Waals surface area (Å²) in [5, 5.41) is 8.99. The minimum atomic E-state index is -0.616. The first kappa shape index (κ1) is 14.9. The molecule has 1 N–H and O–H groups in total. The van der Waals surface area contributed by atoms with Crippen LogP contribution >= 0.6 is 11.8 Å². The average Bonchev–Trinajstić information content (AvgIpc) is 2.83. The SMILES string of the molecule is CC(CO)CSCC1COC(C)(c2ccccc2)O1. The smallest absolute Gasteiger partial charge is 0.192 e. The molecule has 1 fully saturated rings. The lowest BCUT2D eigenvalue weighted by atomic mass is 10.1. The minimum Gasteiger partial charge on any atom is -0.396 e. The van der Waals surface area contributed by atoms with E-state index in [1.165, 1.54) is 0 Å². The molecule has 4 heteroatoms. The largest absolute Gasteiger partial charge is 0.396 e. The van der Waals surface area contributed by atoms with E-state index < -0.39 is 5.79 Å². The van der Waals surface area contributed by atoms with Crippen molar-refractivity contribution in [3.63, 3.8) is 0 Å². The fourth-order valence-corrected chi connectivity index (χ4v) is 3.14. The molecule has 1 heterocycles. The Morgan fingerprint density at radius 2 is 2.16 bits per heavy atom. The van der Waals surface area contributed by atoms with Crippen LogP contribution in [0.1, 0.15) is 19.4 Å². The molecule has 0 amide bonds. The number of thioether (sulfide) groups is 1. The number of ether oxygens (including phenoxy) is 2. The van der Waals surface area contributed by atoms with Gasteiger partial charge in [0.2, 0.25) is 0 Å². The van der Waals surface area contributed by atoms with Gasteiger partial charge in [0.1, 0.15) is 0 Å². The summed E-state index contributed by atoms with van der Waals surface area (Å²) in [4.78, 5) is 0. The van der Waals surface area contributed by atoms with Crippen molar-refractivity contribution in [2.45, 2.75) is 25.7 Å². The Hall–Kier alpha value is -0.550. The van der Waals surface area contributed by atoms with E-state index >= 15 is 0 Å². The van der Waals surface area contributed by atoms with Crippen LogP contribution in [0.2, 0.25) is 0 Å². The second kappa shape index (κ2) is 6.75. The van der Waals surface area contributed by atoms with Gasteiger partial charge in [-0.25, -0.2) is 0 Å². The zero-order valence-electron chi connectivity index (χ0n) is 11.5. The second-order valence-electron chi connectivity index (χ2n) is 5.19. The summed E-state index contributed by atoms with van der Waals surface area (Å²) in [7, 11) is 0. The van der Waals surface area contributed by atoms with Crippen molar-refractivity contribution in [3.8, 4) is 0 Å². The van der Waals surface area contributed by atoms with E-state index in [-0.39, 0.29) is 12.7 Å². The van der Waals surface area contributed by atoms with Crippen molar-refractivity contribution in [3.05, 3.63) is 35.9 Å². The van der Waals surface area contributed by atoms with E-state index in [0.29, 0.717) is 12.5 Å². The molecule has 0 saturated carbocycles. The number of rotatable bonds is 6. The van der Waals surface area contributed by atoms with Gasteiger partial charge in [-0.15, -0.1) is 0 Å².